The average Bonchev–Trinajstić information content (AvgIpc) is 2.99. The third-order valence-corrected chi connectivity index (χ3v) is 3.80. The van der Waals surface area contributed by atoms with Crippen molar-refractivity contribution in [2.75, 3.05) is 0 Å². The topological polar surface area (TPSA) is 12.0 Å². The zero-order valence-corrected chi connectivity index (χ0v) is 11.6. The van der Waals surface area contributed by atoms with Crippen molar-refractivity contribution in [1.29, 1.82) is 0 Å². The van der Waals surface area contributed by atoms with E-state index in [1.54, 1.807) is 0 Å². The van der Waals surface area contributed by atoms with Crippen LogP contribution in [0.5, 0.6) is 0 Å². The highest BCUT2D eigenvalue weighted by molar-refractivity contribution is 9.10. The van der Waals surface area contributed by atoms with Crippen LogP contribution in [-0.4, -0.2) is 12.1 Å². The number of hydrogen-bond acceptors (Lipinski definition) is 1. The zero-order chi connectivity index (χ0) is 11.5. The summed E-state index contributed by atoms with van der Waals surface area (Å²) in [4.78, 5) is 0. The molecule has 0 saturated heterocycles. The smallest absolute Gasteiger partial charge is 0.0178 e. The molecule has 1 aromatic rings. The van der Waals surface area contributed by atoms with Gasteiger partial charge in [0.2, 0.25) is 0 Å². The molecule has 1 fully saturated rings. The van der Waals surface area contributed by atoms with Crippen molar-refractivity contribution in [1.82, 2.24) is 5.32 Å². The molecule has 0 aliphatic heterocycles. The highest BCUT2D eigenvalue weighted by Gasteiger charge is 2.28. The first kappa shape index (κ1) is 12.1. The second kappa shape index (κ2) is 5.33. The fraction of sp³-hybridized carbons (Fsp3) is 0.571. The van der Waals surface area contributed by atoms with E-state index in [-0.39, 0.29) is 0 Å². The lowest BCUT2D eigenvalue weighted by molar-refractivity contribution is 0.430. The van der Waals surface area contributed by atoms with Gasteiger partial charge in [-0.1, -0.05) is 28.1 Å². The van der Waals surface area contributed by atoms with E-state index in [0.717, 1.165) is 12.3 Å². The van der Waals surface area contributed by atoms with E-state index in [4.69, 9.17) is 0 Å². The molecule has 0 amide bonds. The van der Waals surface area contributed by atoms with Crippen LogP contribution in [0.2, 0.25) is 0 Å². The maximum absolute atomic E-state index is 3.69. The predicted molar refractivity (Wildman–Crippen MR) is 72.6 cm³/mol. The van der Waals surface area contributed by atoms with Crippen LogP contribution in [0.1, 0.15) is 32.3 Å². The Bertz CT molecular complexity index is 346. The molecule has 1 aliphatic rings. The lowest BCUT2D eigenvalue weighted by atomic mass is 10.1. The molecule has 0 aromatic heterocycles. The van der Waals surface area contributed by atoms with Crippen LogP contribution in [0.15, 0.2) is 28.7 Å². The van der Waals surface area contributed by atoms with E-state index in [1.165, 1.54) is 22.9 Å². The van der Waals surface area contributed by atoms with Crippen LogP contribution in [0.3, 0.4) is 0 Å². The molecule has 1 aliphatic carbocycles. The van der Waals surface area contributed by atoms with E-state index in [1.807, 2.05) is 0 Å². The summed E-state index contributed by atoms with van der Waals surface area (Å²) in [6.45, 7) is 4.59. The van der Waals surface area contributed by atoms with Crippen LogP contribution in [-0.2, 0) is 6.42 Å². The van der Waals surface area contributed by atoms with Crippen LogP contribution in [0.4, 0.5) is 0 Å². The molecule has 0 heterocycles. The van der Waals surface area contributed by atoms with Gasteiger partial charge in [-0.3, -0.25) is 0 Å². The Morgan fingerprint density at radius 3 is 2.75 bits per heavy atom. The van der Waals surface area contributed by atoms with Crippen LogP contribution in [0.25, 0.3) is 0 Å². The second-order valence-corrected chi connectivity index (χ2v) is 5.94. The maximum atomic E-state index is 3.69. The van der Waals surface area contributed by atoms with Crippen molar-refractivity contribution in [2.45, 2.75) is 45.2 Å². The van der Waals surface area contributed by atoms with Crippen molar-refractivity contribution in [3.8, 4) is 0 Å². The number of halogens is 1. The van der Waals surface area contributed by atoms with Gasteiger partial charge in [0.15, 0.2) is 0 Å². The number of nitrogens with one attached hydrogen (secondary N) is 1. The summed E-state index contributed by atoms with van der Waals surface area (Å²) in [5, 5.41) is 3.69. The molecule has 88 valence electrons. The summed E-state index contributed by atoms with van der Waals surface area (Å²) in [7, 11) is 0. The predicted octanol–water partition coefficient (Wildman–Crippen LogP) is 3.77. The van der Waals surface area contributed by atoms with Gasteiger partial charge in [-0.25, -0.2) is 0 Å². The number of benzene rings is 1. The fourth-order valence-corrected chi connectivity index (χ4v) is 2.70. The molecule has 0 spiro atoms. The van der Waals surface area contributed by atoms with E-state index in [2.05, 4.69) is 59.4 Å². The van der Waals surface area contributed by atoms with Crippen molar-refractivity contribution in [3.63, 3.8) is 0 Å². The van der Waals surface area contributed by atoms with Gasteiger partial charge >= 0.3 is 0 Å². The Hall–Kier alpha value is -0.340. The van der Waals surface area contributed by atoms with E-state index < -0.39 is 0 Å². The van der Waals surface area contributed by atoms with Gasteiger partial charge in [-0.2, -0.15) is 0 Å². The van der Waals surface area contributed by atoms with E-state index in [0.29, 0.717) is 12.1 Å². The third-order valence-electron chi connectivity index (χ3n) is 3.31. The summed E-state index contributed by atoms with van der Waals surface area (Å²) >= 11 is 3.52. The van der Waals surface area contributed by atoms with Gasteiger partial charge in [0.25, 0.3) is 0 Å². The zero-order valence-electron chi connectivity index (χ0n) is 10.0. The summed E-state index contributed by atoms with van der Waals surface area (Å²) < 4.78 is 1.17. The summed E-state index contributed by atoms with van der Waals surface area (Å²) in [6, 6.07) is 9.84. The standard InChI is InChI=1S/C14H20BrN/c1-10(16-11(2)13-6-7-13)8-12-4-3-5-14(15)9-12/h3-5,9-11,13,16H,6-8H2,1-2H3. The first-order valence-electron chi connectivity index (χ1n) is 6.15. The summed E-state index contributed by atoms with van der Waals surface area (Å²) in [5.41, 5.74) is 1.40. The molecule has 16 heavy (non-hydrogen) atoms. The molecule has 1 aromatic carbocycles. The SMILES string of the molecule is CC(Cc1cccc(Br)c1)NC(C)C1CC1. The van der Waals surface area contributed by atoms with E-state index in [9.17, 15) is 0 Å². The monoisotopic (exact) mass is 281 g/mol. The van der Waals surface area contributed by atoms with Gasteiger partial charge in [-0.15, -0.1) is 0 Å². The molecule has 2 atom stereocenters. The average molecular weight is 282 g/mol. The maximum Gasteiger partial charge on any atom is 0.0178 e. The molecule has 2 heteroatoms. The quantitative estimate of drug-likeness (QED) is 0.867. The number of hydrogen-bond donors (Lipinski definition) is 1. The first-order valence-corrected chi connectivity index (χ1v) is 6.95. The highest BCUT2D eigenvalue weighted by Crippen LogP contribution is 2.32. The minimum atomic E-state index is 0.560. The summed E-state index contributed by atoms with van der Waals surface area (Å²) in [5.74, 6) is 0.935. The van der Waals surface area contributed by atoms with Crippen molar-refractivity contribution >= 4 is 15.9 Å². The van der Waals surface area contributed by atoms with Gasteiger partial charge < -0.3 is 5.32 Å². The van der Waals surface area contributed by atoms with Crippen molar-refractivity contribution in [3.05, 3.63) is 34.3 Å². The Morgan fingerprint density at radius 1 is 1.38 bits per heavy atom. The molecule has 1 nitrogen and oxygen atoms in total. The molecular weight excluding hydrogens is 262 g/mol. The Balaban J connectivity index is 1.83. The third kappa shape index (κ3) is 3.60. The lowest BCUT2D eigenvalue weighted by Crippen LogP contribution is -2.37. The minimum absolute atomic E-state index is 0.560. The molecule has 1 saturated carbocycles. The van der Waals surface area contributed by atoms with E-state index >= 15 is 0 Å². The summed E-state index contributed by atoms with van der Waals surface area (Å²) in [6.07, 6.45) is 3.94. The van der Waals surface area contributed by atoms with Gasteiger partial charge in [0.1, 0.15) is 0 Å². The van der Waals surface area contributed by atoms with Crippen LogP contribution in [0, 0.1) is 5.92 Å². The van der Waals surface area contributed by atoms with Crippen LogP contribution >= 0.6 is 15.9 Å². The Labute approximate surface area is 107 Å². The first-order chi connectivity index (χ1) is 7.65. The van der Waals surface area contributed by atoms with Gasteiger partial charge in [0.05, 0.1) is 0 Å². The van der Waals surface area contributed by atoms with Crippen LogP contribution < -0.4 is 5.32 Å². The highest BCUT2D eigenvalue weighted by atomic mass is 79.9. The second-order valence-electron chi connectivity index (χ2n) is 5.03. The molecular formula is C14H20BrN. The van der Waals surface area contributed by atoms with Crippen molar-refractivity contribution in [2.24, 2.45) is 5.92 Å². The largest absolute Gasteiger partial charge is 0.311 e. The van der Waals surface area contributed by atoms with Gasteiger partial charge in [-0.05, 0) is 56.7 Å². The minimum Gasteiger partial charge on any atom is -0.311 e. The molecule has 2 unspecified atom stereocenters. The molecule has 0 bridgehead atoms. The molecule has 1 N–H and O–H groups in total. The van der Waals surface area contributed by atoms with Gasteiger partial charge in [0, 0.05) is 16.6 Å². The van der Waals surface area contributed by atoms with Crippen molar-refractivity contribution < 1.29 is 0 Å². The molecule has 2 rings (SSSR count). The molecule has 0 radical (unpaired) electrons. The normalized spacial score (nSPS) is 19.4. The number of rotatable bonds is 5. The Morgan fingerprint density at radius 2 is 2.12 bits per heavy atom. The fourth-order valence-electron chi connectivity index (χ4n) is 2.26. The Kier molecular flexibility index (Phi) is 4.04. The lowest BCUT2D eigenvalue weighted by Gasteiger charge is -2.19.